The van der Waals surface area contributed by atoms with Crippen LogP contribution in [-0.2, 0) is 0 Å². The van der Waals surface area contributed by atoms with Crippen molar-refractivity contribution in [3.8, 4) is 85.2 Å². The molecule has 5 heterocycles. The first-order valence-electron chi connectivity index (χ1n) is 30.3. The molecule has 13 aromatic carbocycles. The van der Waals surface area contributed by atoms with E-state index in [-0.39, 0.29) is 0 Å². The van der Waals surface area contributed by atoms with Crippen LogP contribution >= 0.6 is 0 Å². The fraction of sp³-hybridized carbons (Fsp3) is 0. The van der Waals surface area contributed by atoms with Gasteiger partial charge in [0.15, 0.2) is 17.5 Å². The summed E-state index contributed by atoms with van der Waals surface area (Å²) in [5.41, 5.74) is 20.2. The average molecular weight is 1150 g/mol. The Morgan fingerprint density at radius 3 is 0.978 bits per heavy atom. The second kappa shape index (κ2) is 20.3. The van der Waals surface area contributed by atoms with E-state index >= 15 is 0 Å². The summed E-state index contributed by atoms with van der Waals surface area (Å²) in [6.07, 6.45) is 0. The van der Waals surface area contributed by atoms with E-state index in [9.17, 15) is 5.26 Å². The van der Waals surface area contributed by atoms with Gasteiger partial charge in [-0.25, -0.2) is 15.0 Å². The summed E-state index contributed by atoms with van der Waals surface area (Å²) in [6, 6.07) is 110. The highest BCUT2D eigenvalue weighted by Gasteiger charge is 2.25. The first kappa shape index (κ1) is 50.8. The highest BCUT2D eigenvalue weighted by atomic mass is 15.0. The molecule has 18 aromatic rings. The first-order valence-corrected chi connectivity index (χ1v) is 30.3. The quantitative estimate of drug-likeness (QED) is 0.144. The monoisotopic (exact) mass is 1150 g/mol. The zero-order valence-electron chi connectivity index (χ0n) is 48.4. The SMILES string of the molecule is N#Cc1ccc(-c2cc(-c3cc(-c4nc(-c5ccccc5)nc(-c5ccccc5)n4)ccc3-n3c4ccccc4c4cc5c6ccccc6n(-c6ccccc6)c5cc43)ccc2-n2c3ccccc3c3cc4c5ccccc5n(-c5ccccc5)c4cc32)cc1. The zero-order valence-corrected chi connectivity index (χ0v) is 48.4. The molecule has 0 bridgehead atoms. The Hall–Kier alpha value is -12.4. The molecule has 18 rings (SSSR count). The molecule has 8 heteroatoms. The number of hydrogen-bond acceptors (Lipinski definition) is 4. The van der Waals surface area contributed by atoms with Crippen LogP contribution in [0.5, 0.6) is 0 Å². The highest BCUT2D eigenvalue weighted by molar-refractivity contribution is 6.21. The molecule has 0 radical (unpaired) electrons. The molecule has 5 aromatic heterocycles. The van der Waals surface area contributed by atoms with Crippen LogP contribution in [0, 0.1) is 11.3 Å². The van der Waals surface area contributed by atoms with Crippen LogP contribution in [0.2, 0.25) is 0 Å². The van der Waals surface area contributed by atoms with E-state index in [2.05, 4.69) is 255 Å². The molecule has 90 heavy (non-hydrogen) atoms. The number of nitrogens with zero attached hydrogens (tertiary/aromatic N) is 8. The molecule has 0 spiro atoms. The van der Waals surface area contributed by atoms with E-state index in [0.29, 0.717) is 23.0 Å². The van der Waals surface area contributed by atoms with Crippen molar-refractivity contribution >= 4 is 87.2 Å². The Morgan fingerprint density at radius 1 is 0.233 bits per heavy atom. The minimum absolute atomic E-state index is 0.556. The molecule has 0 aliphatic heterocycles. The molecule has 0 fully saturated rings. The maximum Gasteiger partial charge on any atom is 0.164 e. The van der Waals surface area contributed by atoms with Gasteiger partial charge in [0.1, 0.15) is 0 Å². The Kier molecular flexibility index (Phi) is 11.5. The molecule has 0 atom stereocenters. The van der Waals surface area contributed by atoms with Gasteiger partial charge in [0, 0.05) is 82.3 Å². The number of nitriles is 1. The fourth-order valence-corrected chi connectivity index (χ4v) is 14.0. The predicted molar refractivity (Wildman–Crippen MR) is 369 cm³/mol. The zero-order chi connectivity index (χ0) is 59.4. The van der Waals surface area contributed by atoms with E-state index in [1.807, 2.05) is 72.8 Å². The molecular weight excluding hydrogens is 1100 g/mol. The lowest BCUT2D eigenvalue weighted by molar-refractivity contribution is 1.07. The summed E-state index contributed by atoms with van der Waals surface area (Å²) >= 11 is 0. The van der Waals surface area contributed by atoms with Crippen LogP contribution < -0.4 is 0 Å². The van der Waals surface area contributed by atoms with Gasteiger partial charge in [-0.3, -0.25) is 0 Å². The van der Waals surface area contributed by atoms with Crippen LogP contribution in [0.15, 0.2) is 303 Å². The standard InChI is InChI=1S/C82H50N8/c83-51-52-37-39-53(40-38-52)64-45-56(41-43-74(64)89-72-35-19-15-31-62(72)68-47-66-60-29-13-17-33-70(60)87(76(66)49-78(68)89)58-25-9-3-10-26-58)65-46-57(82-85-80(54-21-5-1-6-22-54)84-81(86-82)55-23-7-2-8-24-55)42-44-75(65)90-73-36-20-16-32-63(73)69-48-67-61-30-14-18-34-71(61)88(77(67)50-79(69)90)59-27-11-4-12-28-59/h1-50H. The Labute approximate surface area is 516 Å². The van der Waals surface area contributed by atoms with Crippen molar-refractivity contribution < 1.29 is 0 Å². The van der Waals surface area contributed by atoms with E-state index < -0.39 is 0 Å². The highest BCUT2D eigenvalue weighted by Crippen LogP contribution is 2.46. The van der Waals surface area contributed by atoms with Crippen molar-refractivity contribution in [3.63, 3.8) is 0 Å². The van der Waals surface area contributed by atoms with Crippen LogP contribution in [0.3, 0.4) is 0 Å². The molecule has 0 aliphatic rings. The van der Waals surface area contributed by atoms with Crippen molar-refractivity contribution in [1.29, 1.82) is 5.26 Å². The molecule has 0 saturated carbocycles. The van der Waals surface area contributed by atoms with Crippen LogP contribution in [-0.4, -0.2) is 33.2 Å². The number of fused-ring (bicyclic) bond motifs is 12. The minimum Gasteiger partial charge on any atom is -0.309 e. The van der Waals surface area contributed by atoms with Crippen LogP contribution in [0.4, 0.5) is 0 Å². The van der Waals surface area contributed by atoms with Crippen molar-refractivity contribution in [2.75, 3.05) is 0 Å². The predicted octanol–water partition coefficient (Wildman–Crippen LogP) is 20.5. The van der Waals surface area contributed by atoms with Crippen molar-refractivity contribution in [2.24, 2.45) is 0 Å². The van der Waals surface area contributed by atoms with Crippen molar-refractivity contribution in [3.05, 3.63) is 309 Å². The van der Waals surface area contributed by atoms with Crippen molar-refractivity contribution in [1.82, 2.24) is 33.2 Å². The largest absolute Gasteiger partial charge is 0.309 e. The van der Waals surface area contributed by atoms with E-state index in [0.717, 1.165) is 127 Å². The molecule has 8 nitrogen and oxygen atoms in total. The third kappa shape index (κ3) is 7.97. The van der Waals surface area contributed by atoms with Gasteiger partial charge < -0.3 is 18.3 Å². The maximum atomic E-state index is 10.2. The molecular formula is C82H50N8. The number of para-hydroxylation sites is 6. The van der Waals surface area contributed by atoms with E-state index in [4.69, 9.17) is 15.0 Å². The third-order valence-corrected chi connectivity index (χ3v) is 18.0. The first-order chi connectivity index (χ1) is 44.6. The molecule has 0 unspecified atom stereocenters. The number of hydrogen-bond donors (Lipinski definition) is 0. The Balaban J connectivity index is 0.934. The van der Waals surface area contributed by atoms with Crippen molar-refractivity contribution in [2.45, 2.75) is 0 Å². The normalized spacial score (nSPS) is 11.8. The van der Waals surface area contributed by atoms with Gasteiger partial charge in [0.25, 0.3) is 0 Å². The van der Waals surface area contributed by atoms with E-state index in [1.165, 1.54) is 21.5 Å². The number of aromatic nitrogens is 7. The number of benzene rings is 13. The second-order valence-electron chi connectivity index (χ2n) is 23.0. The van der Waals surface area contributed by atoms with Gasteiger partial charge in [-0.2, -0.15) is 5.26 Å². The molecule has 0 aliphatic carbocycles. The summed E-state index contributed by atoms with van der Waals surface area (Å²) in [6.45, 7) is 0. The lowest BCUT2D eigenvalue weighted by Gasteiger charge is -2.19. The smallest absolute Gasteiger partial charge is 0.164 e. The van der Waals surface area contributed by atoms with Gasteiger partial charge in [0.2, 0.25) is 0 Å². The average Bonchev–Trinajstić information content (AvgIpc) is 1.61. The molecule has 418 valence electrons. The summed E-state index contributed by atoms with van der Waals surface area (Å²) in [5.74, 6) is 1.73. The summed E-state index contributed by atoms with van der Waals surface area (Å²) in [4.78, 5) is 15.7. The fourth-order valence-electron chi connectivity index (χ4n) is 14.0. The van der Waals surface area contributed by atoms with Gasteiger partial charge >= 0.3 is 0 Å². The summed E-state index contributed by atoms with van der Waals surface area (Å²) in [5, 5.41) is 19.6. The summed E-state index contributed by atoms with van der Waals surface area (Å²) in [7, 11) is 0. The third-order valence-electron chi connectivity index (χ3n) is 18.0. The van der Waals surface area contributed by atoms with Gasteiger partial charge in [-0.05, 0) is 126 Å². The van der Waals surface area contributed by atoms with Crippen LogP contribution in [0.25, 0.3) is 166 Å². The summed E-state index contributed by atoms with van der Waals surface area (Å²) < 4.78 is 9.68. The minimum atomic E-state index is 0.556. The number of rotatable bonds is 9. The van der Waals surface area contributed by atoms with Crippen LogP contribution in [0.1, 0.15) is 5.56 Å². The molecule has 0 N–H and O–H groups in total. The molecule has 0 amide bonds. The second-order valence-corrected chi connectivity index (χ2v) is 23.0. The van der Waals surface area contributed by atoms with Gasteiger partial charge in [-0.1, -0.05) is 188 Å². The van der Waals surface area contributed by atoms with E-state index in [1.54, 1.807) is 0 Å². The van der Waals surface area contributed by atoms with Gasteiger partial charge in [0.05, 0.1) is 67.1 Å². The topological polar surface area (TPSA) is 82.2 Å². The lowest BCUT2D eigenvalue weighted by atomic mass is 9.94. The molecule has 0 saturated heterocycles. The lowest BCUT2D eigenvalue weighted by Crippen LogP contribution is -2.03. The van der Waals surface area contributed by atoms with Gasteiger partial charge in [-0.15, -0.1) is 0 Å². The maximum absolute atomic E-state index is 10.2. The Morgan fingerprint density at radius 2 is 0.556 bits per heavy atom. The Bertz CT molecular complexity index is 5890.